The van der Waals surface area contributed by atoms with E-state index in [2.05, 4.69) is 20.3 Å². The molecular formula is C17H32N8O6. The van der Waals surface area contributed by atoms with Gasteiger partial charge in [-0.1, -0.05) is 0 Å². The molecule has 0 aromatic carbocycles. The summed E-state index contributed by atoms with van der Waals surface area (Å²) in [5.41, 5.74) is 21.3. The molecule has 0 unspecified atom stereocenters. The summed E-state index contributed by atoms with van der Waals surface area (Å²) < 4.78 is 0. The van der Waals surface area contributed by atoms with E-state index in [1.807, 2.05) is 0 Å². The van der Waals surface area contributed by atoms with Crippen LogP contribution in [0.5, 0.6) is 0 Å². The maximum absolute atomic E-state index is 10.3. The van der Waals surface area contributed by atoms with Gasteiger partial charge in [0.2, 0.25) is 0 Å². The summed E-state index contributed by atoms with van der Waals surface area (Å²) in [5.74, 6) is -2.71. The molecule has 1 aliphatic rings. The first-order valence-corrected chi connectivity index (χ1v) is 9.50. The Kier molecular flexibility index (Phi) is 14.0. The minimum Gasteiger partial charge on any atom is -0.480 e. The highest BCUT2D eigenvalue weighted by Crippen LogP contribution is 2.03. The van der Waals surface area contributed by atoms with Gasteiger partial charge in [0.15, 0.2) is 5.96 Å². The van der Waals surface area contributed by atoms with Crippen molar-refractivity contribution >= 4 is 23.9 Å². The molecule has 1 saturated heterocycles. The summed E-state index contributed by atoms with van der Waals surface area (Å²) >= 11 is 0. The Morgan fingerprint density at radius 2 is 1.81 bits per heavy atom. The summed E-state index contributed by atoms with van der Waals surface area (Å²) in [6.45, 7) is 1.28. The third kappa shape index (κ3) is 14.4. The fourth-order valence-electron chi connectivity index (χ4n) is 2.26. The lowest BCUT2D eigenvalue weighted by molar-refractivity contribution is -0.139. The number of nitrogens with zero attached hydrogens (tertiary/aromatic N) is 2. The van der Waals surface area contributed by atoms with E-state index in [0.717, 1.165) is 25.1 Å². The number of hydrogen-bond acceptors (Lipinski definition) is 8. The zero-order valence-corrected chi connectivity index (χ0v) is 17.1. The van der Waals surface area contributed by atoms with Crippen LogP contribution in [0.1, 0.15) is 31.4 Å². The largest absolute Gasteiger partial charge is 0.480 e. The van der Waals surface area contributed by atoms with Gasteiger partial charge in [-0.3, -0.25) is 19.4 Å². The molecule has 2 rings (SSSR count). The highest BCUT2D eigenvalue weighted by Gasteiger charge is 2.20. The predicted molar refractivity (Wildman–Crippen MR) is 112 cm³/mol. The van der Waals surface area contributed by atoms with E-state index < -0.39 is 30.0 Å². The standard InChI is InChI=1S/C6H14N4O2.C6H9N3O2.C5H9NO2/c7-4(5(11)12)2-1-3-10-6(8)9;7-5(6(10)11)1-4-2-8-3-9-4;7-5(8)4-2-1-3-6-4/h4H,1-3,7H2,(H,11,12)(H4,8,9,10);2-3,5H,1,7H2,(H,8,9)(H,10,11);4,6H,1-3H2,(H,7,8)/t4-;5-;4-/m000/s1. The lowest BCUT2D eigenvalue weighted by atomic mass is 10.2. The Labute approximate surface area is 179 Å². The molecule has 14 heteroatoms. The third-order valence-electron chi connectivity index (χ3n) is 3.96. The van der Waals surface area contributed by atoms with Crippen LogP contribution >= 0.6 is 0 Å². The maximum atomic E-state index is 10.3. The van der Waals surface area contributed by atoms with Crippen molar-refractivity contribution in [3.8, 4) is 0 Å². The second-order valence-electron chi connectivity index (χ2n) is 6.61. The van der Waals surface area contributed by atoms with Crippen LogP contribution in [-0.2, 0) is 20.8 Å². The summed E-state index contributed by atoms with van der Waals surface area (Å²) in [4.78, 5) is 40.8. The van der Waals surface area contributed by atoms with E-state index in [-0.39, 0.29) is 18.4 Å². The highest BCUT2D eigenvalue weighted by atomic mass is 16.4. The second kappa shape index (κ2) is 15.6. The van der Waals surface area contributed by atoms with Crippen molar-refractivity contribution in [1.29, 1.82) is 0 Å². The molecule has 1 aliphatic heterocycles. The van der Waals surface area contributed by atoms with Crippen molar-refractivity contribution in [3.63, 3.8) is 0 Å². The molecule has 0 aliphatic carbocycles. The van der Waals surface area contributed by atoms with Crippen molar-refractivity contribution in [1.82, 2.24) is 15.3 Å². The van der Waals surface area contributed by atoms with E-state index >= 15 is 0 Å². The number of hydrogen-bond donors (Lipinski definition) is 9. The number of carbonyl (C=O) groups is 3. The number of aliphatic carboxylic acids is 3. The van der Waals surface area contributed by atoms with Gasteiger partial charge in [-0.25, -0.2) is 4.98 Å². The van der Waals surface area contributed by atoms with Crippen LogP contribution in [0.25, 0.3) is 0 Å². The number of guanidine groups is 1. The van der Waals surface area contributed by atoms with Gasteiger partial charge >= 0.3 is 17.9 Å². The van der Waals surface area contributed by atoms with E-state index in [4.69, 9.17) is 38.3 Å². The molecule has 1 aromatic rings. The SMILES string of the molecule is NC(N)=NCCC[C@H](N)C(=O)O.N[C@@H](Cc1cnc[nH]1)C(=O)O.O=C(O)[C@@H]1CCCN1. The quantitative estimate of drug-likeness (QED) is 0.110. The van der Waals surface area contributed by atoms with E-state index in [1.54, 1.807) is 6.20 Å². The van der Waals surface area contributed by atoms with Gasteiger partial charge in [-0.2, -0.15) is 0 Å². The number of rotatable bonds is 9. The molecule has 3 atom stereocenters. The summed E-state index contributed by atoms with van der Waals surface area (Å²) in [7, 11) is 0. The number of H-pyrrole nitrogens is 1. The number of aromatic amines is 1. The molecule has 0 saturated carbocycles. The number of carboxylic acids is 3. The Bertz CT molecular complexity index is 687. The number of imidazole rings is 1. The summed E-state index contributed by atoms with van der Waals surface area (Å²) in [6.07, 6.45) is 6.08. The number of aliphatic imine (C=N–C) groups is 1. The van der Waals surface area contributed by atoms with Crippen molar-refractivity contribution in [2.75, 3.05) is 13.1 Å². The fourth-order valence-corrected chi connectivity index (χ4v) is 2.26. The Balaban J connectivity index is 0.000000443. The molecule has 176 valence electrons. The van der Waals surface area contributed by atoms with Gasteiger partial charge in [-0.05, 0) is 32.2 Å². The minimum atomic E-state index is -1.00. The van der Waals surface area contributed by atoms with Crippen molar-refractivity contribution in [2.45, 2.75) is 50.2 Å². The number of aromatic nitrogens is 2. The maximum Gasteiger partial charge on any atom is 0.320 e. The van der Waals surface area contributed by atoms with Crippen LogP contribution in [0.15, 0.2) is 17.5 Å². The van der Waals surface area contributed by atoms with Crippen molar-refractivity contribution < 1.29 is 29.7 Å². The van der Waals surface area contributed by atoms with Crippen LogP contribution in [0.2, 0.25) is 0 Å². The second-order valence-corrected chi connectivity index (χ2v) is 6.61. The molecule has 14 nitrogen and oxygen atoms in total. The number of carboxylic acid groups (broad SMARTS) is 3. The molecule has 13 N–H and O–H groups in total. The monoisotopic (exact) mass is 444 g/mol. The van der Waals surface area contributed by atoms with Crippen LogP contribution < -0.4 is 28.3 Å². The van der Waals surface area contributed by atoms with Gasteiger partial charge in [0, 0.05) is 24.9 Å². The molecule has 0 amide bonds. The smallest absolute Gasteiger partial charge is 0.320 e. The molecule has 1 aromatic heterocycles. The molecular weight excluding hydrogens is 412 g/mol. The normalized spacial score (nSPS) is 16.5. The van der Waals surface area contributed by atoms with E-state index in [1.165, 1.54) is 6.33 Å². The summed E-state index contributed by atoms with van der Waals surface area (Å²) in [6, 6.07) is -1.94. The van der Waals surface area contributed by atoms with Crippen LogP contribution in [0, 0.1) is 0 Å². The van der Waals surface area contributed by atoms with Gasteiger partial charge in [0.25, 0.3) is 0 Å². The molecule has 0 bridgehead atoms. The highest BCUT2D eigenvalue weighted by molar-refractivity contribution is 5.75. The molecule has 31 heavy (non-hydrogen) atoms. The lowest BCUT2D eigenvalue weighted by Crippen LogP contribution is -2.32. The number of nitrogens with two attached hydrogens (primary N) is 4. The topological polar surface area (TPSA) is 269 Å². The average Bonchev–Trinajstić information content (AvgIpc) is 3.39. The van der Waals surface area contributed by atoms with Crippen molar-refractivity contribution in [2.24, 2.45) is 27.9 Å². The lowest BCUT2D eigenvalue weighted by Gasteiger charge is -2.03. The molecule has 1 fully saturated rings. The first-order valence-electron chi connectivity index (χ1n) is 9.50. The molecule has 0 radical (unpaired) electrons. The van der Waals surface area contributed by atoms with Gasteiger partial charge in [-0.15, -0.1) is 0 Å². The fraction of sp³-hybridized carbons (Fsp3) is 0.588. The zero-order chi connectivity index (χ0) is 23.8. The Hall–Kier alpha value is -3.23. The predicted octanol–water partition coefficient (Wildman–Crippen LogP) is -2.36. The van der Waals surface area contributed by atoms with Gasteiger partial charge in [0.1, 0.15) is 18.1 Å². The van der Waals surface area contributed by atoms with Crippen molar-refractivity contribution in [3.05, 3.63) is 18.2 Å². The zero-order valence-electron chi connectivity index (χ0n) is 17.1. The average molecular weight is 444 g/mol. The molecule has 0 spiro atoms. The van der Waals surface area contributed by atoms with Crippen LogP contribution in [-0.4, -0.2) is 80.4 Å². The summed E-state index contributed by atoms with van der Waals surface area (Å²) in [5, 5.41) is 28.0. The molecule has 2 heterocycles. The van der Waals surface area contributed by atoms with Crippen LogP contribution in [0.3, 0.4) is 0 Å². The van der Waals surface area contributed by atoms with Gasteiger partial charge in [0.05, 0.1) is 6.33 Å². The first kappa shape index (κ1) is 27.8. The minimum absolute atomic E-state index is 0.0129. The van der Waals surface area contributed by atoms with Crippen LogP contribution in [0.4, 0.5) is 0 Å². The number of nitrogens with one attached hydrogen (secondary N) is 2. The van der Waals surface area contributed by atoms with E-state index in [9.17, 15) is 14.4 Å². The third-order valence-corrected chi connectivity index (χ3v) is 3.96. The Morgan fingerprint density at radius 3 is 2.19 bits per heavy atom. The Morgan fingerprint density at radius 1 is 1.16 bits per heavy atom. The first-order chi connectivity index (χ1) is 14.5. The van der Waals surface area contributed by atoms with Gasteiger partial charge < -0.3 is 48.6 Å². The van der Waals surface area contributed by atoms with E-state index in [0.29, 0.717) is 19.4 Å².